The first-order valence-corrected chi connectivity index (χ1v) is 6.69. The van der Waals surface area contributed by atoms with Gasteiger partial charge in [-0.2, -0.15) is 0 Å². The van der Waals surface area contributed by atoms with Crippen molar-refractivity contribution in [2.45, 2.75) is 24.5 Å². The standard InChI is InChI=1S/C12H17N5O5/c1-14-12-16-7-4(2-6(13)15-10(7)21)17(12)11-9(20)8(19)5(3-18)22-11/h2,5,8-9,11,18-20H,3H2,1H3,(H,14,16)(H3,13,15,21). The first kappa shape index (κ1) is 14.8. The van der Waals surface area contributed by atoms with E-state index in [1.165, 1.54) is 10.6 Å². The van der Waals surface area contributed by atoms with Crippen LogP contribution >= 0.6 is 0 Å². The van der Waals surface area contributed by atoms with E-state index in [9.17, 15) is 20.1 Å². The summed E-state index contributed by atoms with van der Waals surface area (Å²) in [6, 6.07) is 1.49. The Morgan fingerprint density at radius 3 is 2.82 bits per heavy atom. The lowest BCUT2D eigenvalue weighted by molar-refractivity contribution is -0.0499. The van der Waals surface area contributed by atoms with Crippen LogP contribution in [-0.4, -0.2) is 61.8 Å². The quantitative estimate of drug-likeness (QED) is 0.378. The topological polar surface area (TPSA) is 159 Å². The molecule has 0 radical (unpaired) electrons. The summed E-state index contributed by atoms with van der Waals surface area (Å²) < 4.78 is 6.92. The van der Waals surface area contributed by atoms with Crippen LogP contribution in [0.3, 0.4) is 0 Å². The lowest BCUT2D eigenvalue weighted by Crippen LogP contribution is -2.33. The average Bonchev–Trinajstić information content (AvgIpc) is 2.98. The number of aromatic amines is 1. The van der Waals surface area contributed by atoms with Crippen LogP contribution < -0.4 is 16.6 Å². The SMILES string of the molecule is CNc1nc2c(=O)[nH]c(N)cc2n1C1OC(CO)C(O)C1O. The summed E-state index contributed by atoms with van der Waals surface area (Å²) in [5.74, 6) is 0.397. The Morgan fingerprint density at radius 1 is 1.50 bits per heavy atom. The van der Waals surface area contributed by atoms with Gasteiger partial charge >= 0.3 is 0 Å². The largest absolute Gasteiger partial charge is 0.394 e. The molecule has 0 saturated carbocycles. The van der Waals surface area contributed by atoms with Gasteiger partial charge in [0.1, 0.15) is 24.1 Å². The van der Waals surface area contributed by atoms with E-state index in [1.807, 2.05) is 0 Å². The average molecular weight is 311 g/mol. The Balaban J connectivity index is 2.20. The molecule has 4 unspecified atom stereocenters. The molecule has 1 saturated heterocycles. The second kappa shape index (κ2) is 5.25. The van der Waals surface area contributed by atoms with Gasteiger partial charge in [-0.15, -0.1) is 0 Å². The lowest BCUT2D eigenvalue weighted by atomic mass is 10.1. The fraction of sp³-hybridized carbons (Fsp3) is 0.500. The number of hydrogen-bond acceptors (Lipinski definition) is 8. The molecule has 0 spiro atoms. The number of hydrogen-bond donors (Lipinski definition) is 6. The monoisotopic (exact) mass is 311 g/mol. The van der Waals surface area contributed by atoms with E-state index in [-0.39, 0.29) is 17.3 Å². The van der Waals surface area contributed by atoms with Gasteiger partial charge in [0.15, 0.2) is 11.7 Å². The highest BCUT2D eigenvalue weighted by Crippen LogP contribution is 2.34. The molecule has 1 aliphatic rings. The number of nitrogen functional groups attached to an aromatic ring is 1. The molecule has 3 heterocycles. The smallest absolute Gasteiger partial charge is 0.277 e. The third-order valence-electron chi connectivity index (χ3n) is 3.71. The molecule has 7 N–H and O–H groups in total. The predicted molar refractivity (Wildman–Crippen MR) is 77.3 cm³/mol. The molecule has 0 aromatic carbocycles. The van der Waals surface area contributed by atoms with Crippen molar-refractivity contribution in [3.8, 4) is 0 Å². The highest BCUT2D eigenvalue weighted by molar-refractivity contribution is 5.80. The van der Waals surface area contributed by atoms with Gasteiger partial charge in [-0.1, -0.05) is 0 Å². The first-order chi connectivity index (χ1) is 10.5. The summed E-state index contributed by atoms with van der Waals surface area (Å²) in [5, 5.41) is 32.0. The van der Waals surface area contributed by atoms with Gasteiger partial charge in [0.05, 0.1) is 12.1 Å². The normalized spacial score (nSPS) is 28.4. The number of pyridine rings is 1. The molecule has 4 atom stereocenters. The zero-order chi connectivity index (χ0) is 16.0. The Kier molecular flexibility index (Phi) is 3.53. The molecule has 10 nitrogen and oxygen atoms in total. The maximum absolute atomic E-state index is 11.9. The number of nitrogens with zero attached hydrogens (tertiary/aromatic N) is 2. The Morgan fingerprint density at radius 2 is 2.23 bits per heavy atom. The Bertz CT molecular complexity index is 756. The van der Waals surface area contributed by atoms with E-state index in [4.69, 9.17) is 10.5 Å². The van der Waals surface area contributed by atoms with Crippen LogP contribution in [0.4, 0.5) is 11.8 Å². The highest BCUT2D eigenvalue weighted by atomic mass is 16.6. The molecular formula is C12H17N5O5. The van der Waals surface area contributed by atoms with E-state index < -0.39 is 36.7 Å². The molecule has 2 aromatic heterocycles. The first-order valence-electron chi connectivity index (χ1n) is 6.69. The second-order valence-electron chi connectivity index (χ2n) is 5.07. The number of aliphatic hydroxyl groups excluding tert-OH is 3. The number of imidazole rings is 1. The van der Waals surface area contributed by atoms with Crippen LogP contribution in [-0.2, 0) is 4.74 Å². The summed E-state index contributed by atoms with van der Waals surface area (Å²) in [6.07, 6.45) is -4.49. The van der Waals surface area contributed by atoms with Crippen molar-refractivity contribution < 1.29 is 20.1 Å². The lowest BCUT2D eigenvalue weighted by Gasteiger charge is -2.19. The minimum absolute atomic E-state index is 0.122. The van der Waals surface area contributed by atoms with Gasteiger partial charge in [0.2, 0.25) is 5.95 Å². The fourth-order valence-electron chi connectivity index (χ4n) is 2.65. The molecule has 10 heteroatoms. The molecular weight excluding hydrogens is 294 g/mol. The molecule has 0 amide bonds. The predicted octanol–water partition coefficient (Wildman–Crippen LogP) is -2.04. The molecule has 2 aromatic rings. The Hall–Kier alpha value is -2.14. The van der Waals surface area contributed by atoms with E-state index in [0.717, 1.165) is 0 Å². The van der Waals surface area contributed by atoms with Crippen molar-refractivity contribution in [1.82, 2.24) is 14.5 Å². The molecule has 3 rings (SSSR count). The van der Waals surface area contributed by atoms with E-state index >= 15 is 0 Å². The maximum Gasteiger partial charge on any atom is 0.277 e. The number of nitrogens with two attached hydrogens (primary N) is 1. The van der Waals surface area contributed by atoms with Crippen LogP contribution in [0.25, 0.3) is 11.0 Å². The second-order valence-corrected chi connectivity index (χ2v) is 5.07. The molecule has 1 fully saturated rings. The molecule has 120 valence electrons. The molecule has 0 aliphatic carbocycles. The van der Waals surface area contributed by atoms with Gasteiger partial charge in [-0.3, -0.25) is 9.36 Å². The van der Waals surface area contributed by atoms with Crippen LogP contribution in [0.2, 0.25) is 0 Å². The van der Waals surface area contributed by atoms with E-state index in [0.29, 0.717) is 5.52 Å². The molecule has 1 aliphatic heterocycles. The minimum atomic E-state index is -1.29. The van der Waals surface area contributed by atoms with Gasteiger partial charge in [0.25, 0.3) is 5.56 Å². The van der Waals surface area contributed by atoms with Crippen molar-refractivity contribution in [3.05, 3.63) is 16.4 Å². The van der Waals surface area contributed by atoms with Crippen LogP contribution in [0.5, 0.6) is 0 Å². The summed E-state index contributed by atoms with van der Waals surface area (Å²) in [7, 11) is 1.59. The van der Waals surface area contributed by atoms with Crippen LogP contribution in [0.15, 0.2) is 10.9 Å². The van der Waals surface area contributed by atoms with Gasteiger partial charge in [-0.25, -0.2) is 4.98 Å². The van der Waals surface area contributed by atoms with Crippen LogP contribution in [0.1, 0.15) is 6.23 Å². The fourth-order valence-corrected chi connectivity index (χ4v) is 2.65. The number of aromatic nitrogens is 3. The van der Waals surface area contributed by atoms with E-state index in [1.54, 1.807) is 7.05 Å². The number of aliphatic hydroxyl groups is 3. The van der Waals surface area contributed by atoms with Crippen molar-refractivity contribution in [3.63, 3.8) is 0 Å². The Labute approximate surface area is 124 Å². The summed E-state index contributed by atoms with van der Waals surface area (Å²) >= 11 is 0. The molecule has 0 bridgehead atoms. The third kappa shape index (κ3) is 2.04. The summed E-state index contributed by atoms with van der Waals surface area (Å²) in [6.45, 7) is -0.445. The zero-order valence-corrected chi connectivity index (χ0v) is 11.7. The van der Waals surface area contributed by atoms with Crippen molar-refractivity contribution in [2.75, 3.05) is 24.7 Å². The van der Waals surface area contributed by atoms with Gasteiger partial charge < -0.3 is 36.1 Å². The number of ether oxygens (including phenoxy) is 1. The summed E-state index contributed by atoms with van der Waals surface area (Å²) in [5.41, 5.74) is 5.64. The third-order valence-corrected chi connectivity index (χ3v) is 3.71. The number of H-pyrrole nitrogens is 1. The zero-order valence-electron chi connectivity index (χ0n) is 11.7. The minimum Gasteiger partial charge on any atom is -0.394 e. The van der Waals surface area contributed by atoms with Gasteiger partial charge in [0, 0.05) is 13.1 Å². The summed E-state index contributed by atoms with van der Waals surface area (Å²) in [4.78, 5) is 18.5. The number of anilines is 2. The maximum atomic E-state index is 11.9. The molecule has 22 heavy (non-hydrogen) atoms. The number of fused-ring (bicyclic) bond motifs is 1. The van der Waals surface area contributed by atoms with E-state index in [2.05, 4.69) is 15.3 Å². The number of rotatable bonds is 3. The van der Waals surface area contributed by atoms with Crippen LogP contribution in [0, 0.1) is 0 Å². The van der Waals surface area contributed by atoms with Crippen molar-refractivity contribution >= 4 is 22.8 Å². The highest BCUT2D eigenvalue weighted by Gasteiger charge is 2.44. The van der Waals surface area contributed by atoms with Crippen molar-refractivity contribution in [2.24, 2.45) is 0 Å². The van der Waals surface area contributed by atoms with Crippen molar-refractivity contribution in [1.29, 1.82) is 0 Å². The number of nitrogens with one attached hydrogen (secondary N) is 2. The van der Waals surface area contributed by atoms with Gasteiger partial charge in [-0.05, 0) is 0 Å².